The molecule has 0 aliphatic carbocycles. The summed E-state index contributed by atoms with van der Waals surface area (Å²) in [7, 11) is 0. The molecule has 120 valence electrons. The molecule has 2 N–H and O–H groups in total. The summed E-state index contributed by atoms with van der Waals surface area (Å²) in [5.74, 6) is 0.872. The van der Waals surface area contributed by atoms with Gasteiger partial charge in [0.15, 0.2) is 5.11 Å². The fourth-order valence-electron chi connectivity index (χ4n) is 1.85. The summed E-state index contributed by atoms with van der Waals surface area (Å²) >= 11 is 5.18. The van der Waals surface area contributed by atoms with Crippen molar-refractivity contribution in [2.75, 3.05) is 6.61 Å². The van der Waals surface area contributed by atoms with Gasteiger partial charge >= 0.3 is 0 Å². The first-order chi connectivity index (χ1) is 11.3. The average molecular weight is 327 g/mol. The van der Waals surface area contributed by atoms with Gasteiger partial charge in [-0.1, -0.05) is 37.3 Å². The van der Waals surface area contributed by atoms with E-state index in [9.17, 15) is 0 Å². The highest BCUT2D eigenvalue weighted by Crippen LogP contribution is 2.11. The molecule has 0 bridgehead atoms. The van der Waals surface area contributed by atoms with Crippen LogP contribution in [0.15, 0.2) is 59.7 Å². The summed E-state index contributed by atoms with van der Waals surface area (Å²) in [6, 6.07) is 17.9. The van der Waals surface area contributed by atoms with Crippen LogP contribution in [0.4, 0.5) is 0 Å². The van der Waals surface area contributed by atoms with E-state index in [2.05, 4.69) is 22.8 Å². The Labute approximate surface area is 142 Å². The quantitative estimate of drug-likeness (QED) is 0.464. The fourth-order valence-corrected chi connectivity index (χ4v) is 1.98. The van der Waals surface area contributed by atoms with Crippen molar-refractivity contribution in [1.82, 2.24) is 10.7 Å². The number of thiocarbonyl (C=S) groups is 1. The minimum atomic E-state index is 0.494. The highest BCUT2D eigenvalue weighted by Gasteiger charge is 1.95. The zero-order valence-electron chi connectivity index (χ0n) is 13.2. The van der Waals surface area contributed by atoms with Gasteiger partial charge in [-0.05, 0) is 54.0 Å². The summed E-state index contributed by atoms with van der Waals surface area (Å²) in [6.45, 7) is 3.49. The second-order valence-corrected chi connectivity index (χ2v) is 5.36. The molecule has 0 spiro atoms. The highest BCUT2D eigenvalue weighted by molar-refractivity contribution is 7.80. The van der Waals surface area contributed by atoms with Gasteiger partial charge in [-0.2, -0.15) is 5.10 Å². The highest BCUT2D eigenvalue weighted by atomic mass is 32.1. The Morgan fingerprint density at radius 2 is 1.87 bits per heavy atom. The van der Waals surface area contributed by atoms with E-state index in [0.717, 1.165) is 24.3 Å². The predicted octanol–water partition coefficient (Wildman–Crippen LogP) is 3.47. The Balaban J connectivity index is 1.74. The first-order valence-corrected chi connectivity index (χ1v) is 8.02. The SMILES string of the molecule is CCCOc1ccc(/C=N/NC(=S)NCc2ccccc2)cc1. The van der Waals surface area contributed by atoms with Gasteiger partial charge in [-0.25, -0.2) is 0 Å². The van der Waals surface area contributed by atoms with E-state index in [1.165, 1.54) is 5.56 Å². The standard InChI is InChI=1S/C18H21N3OS/c1-2-12-22-17-10-8-16(9-11-17)14-20-21-18(23)19-13-15-6-4-3-5-7-15/h3-11,14H,2,12-13H2,1H3,(H2,19,21,23)/b20-14+. The summed E-state index contributed by atoms with van der Waals surface area (Å²) in [5.41, 5.74) is 4.96. The molecule has 0 fully saturated rings. The third kappa shape index (κ3) is 6.48. The largest absolute Gasteiger partial charge is 0.494 e. The molecule has 0 saturated carbocycles. The molecule has 5 heteroatoms. The second kappa shape index (κ2) is 9.58. The third-order valence-corrected chi connectivity index (χ3v) is 3.26. The van der Waals surface area contributed by atoms with E-state index in [4.69, 9.17) is 17.0 Å². The van der Waals surface area contributed by atoms with Crippen LogP contribution in [0, 0.1) is 0 Å². The second-order valence-electron chi connectivity index (χ2n) is 4.96. The van der Waals surface area contributed by atoms with Crippen LogP contribution in [0.2, 0.25) is 0 Å². The van der Waals surface area contributed by atoms with E-state index >= 15 is 0 Å². The van der Waals surface area contributed by atoms with Crippen molar-refractivity contribution in [2.45, 2.75) is 19.9 Å². The minimum absolute atomic E-state index is 0.494. The molecule has 2 aromatic rings. The smallest absolute Gasteiger partial charge is 0.187 e. The Morgan fingerprint density at radius 3 is 2.57 bits per heavy atom. The molecule has 0 heterocycles. The summed E-state index contributed by atoms with van der Waals surface area (Å²) in [5, 5.41) is 7.72. The molecule has 0 amide bonds. The molecule has 0 aliphatic rings. The summed E-state index contributed by atoms with van der Waals surface area (Å²) in [4.78, 5) is 0. The number of rotatable bonds is 7. The van der Waals surface area contributed by atoms with Crippen molar-refractivity contribution >= 4 is 23.5 Å². The van der Waals surface area contributed by atoms with E-state index in [-0.39, 0.29) is 0 Å². The van der Waals surface area contributed by atoms with E-state index in [1.807, 2.05) is 54.6 Å². The molecule has 23 heavy (non-hydrogen) atoms. The number of hydrogen-bond acceptors (Lipinski definition) is 3. The Kier molecular flexibility index (Phi) is 7.07. The molecule has 0 aliphatic heterocycles. The van der Waals surface area contributed by atoms with Gasteiger partial charge in [-0.3, -0.25) is 5.43 Å². The van der Waals surface area contributed by atoms with Crippen LogP contribution in [-0.2, 0) is 6.54 Å². The zero-order chi connectivity index (χ0) is 16.3. The van der Waals surface area contributed by atoms with Crippen molar-refractivity contribution in [3.63, 3.8) is 0 Å². The molecule has 2 aromatic carbocycles. The minimum Gasteiger partial charge on any atom is -0.494 e. The number of nitrogens with zero attached hydrogens (tertiary/aromatic N) is 1. The first kappa shape index (κ1) is 17.0. The lowest BCUT2D eigenvalue weighted by molar-refractivity contribution is 0.317. The molecule has 2 rings (SSSR count). The van der Waals surface area contributed by atoms with Crippen LogP contribution in [0.25, 0.3) is 0 Å². The van der Waals surface area contributed by atoms with Crippen LogP contribution in [-0.4, -0.2) is 17.9 Å². The van der Waals surface area contributed by atoms with E-state index in [0.29, 0.717) is 11.7 Å². The van der Waals surface area contributed by atoms with Crippen molar-refractivity contribution in [3.8, 4) is 5.75 Å². The van der Waals surface area contributed by atoms with Crippen molar-refractivity contribution in [3.05, 3.63) is 65.7 Å². The molecule has 0 atom stereocenters. The zero-order valence-corrected chi connectivity index (χ0v) is 14.0. The van der Waals surface area contributed by atoms with E-state index < -0.39 is 0 Å². The van der Waals surface area contributed by atoms with Crippen LogP contribution >= 0.6 is 12.2 Å². The van der Waals surface area contributed by atoms with E-state index in [1.54, 1.807) is 6.21 Å². The number of benzene rings is 2. The van der Waals surface area contributed by atoms with Gasteiger partial charge in [0.2, 0.25) is 0 Å². The first-order valence-electron chi connectivity index (χ1n) is 7.61. The lowest BCUT2D eigenvalue weighted by Gasteiger charge is -2.07. The molecule has 0 radical (unpaired) electrons. The van der Waals surface area contributed by atoms with Gasteiger partial charge in [-0.15, -0.1) is 0 Å². The van der Waals surface area contributed by atoms with Crippen LogP contribution in [0.1, 0.15) is 24.5 Å². The Hall–Kier alpha value is -2.40. The number of hydrogen-bond donors (Lipinski definition) is 2. The predicted molar refractivity (Wildman–Crippen MR) is 98.8 cm³/mol. The van der Waals surface area contributed by atoms with Crippen LogP contribution < -0.4 is 15.5 Å². The number of nitrogens with one attached hydrogen (secondary N) is 2. The lowest BCUT2D eigenvalue weighted by atomic mass is 10.2. The number of ether oxygens (including phenoxy) is 1. The van der Waals surface area contributed by atoms with Gasteiger partial charge in [0.25, 0.3) is 0 Å². The molecule has 0 aromatic heterocycles. The maximum absolute atomic E-state index is 5.54. The molecule has 0 unspecified atom stereocenters. The maximum atomic E-state index is 5.54. The van der Waals surface area contributed by atoms with Crippen molar-refractivity contribution in [2.24, 2.45) is 5.10 Å². The van der Waals surface area contributed by atoms with Crippen molar-refractivity contribution in [1.29, 1.82) is 0 Å². The fraction of sp³-hybridized carbons (Fsp3) is 0.222. The van der Waals surface area contributed by atoms with Gasteiger partial charge in [0, 0.05) is 6.54 Å². The topological polar surface area (TPSA) is 45.6 Å². The van der Waals surface area contributed by atoms with Crippen molar-refractivity contribution < 1.29 is 4.74 Å². The van der Waals surface area contributed by atoms with Crippen LogP contribution in [0.3, 0.4) is 0 Å². The average Bonchev–Trinajstić information content (AvgIpc) is 2.60. The molecular formula is C18H21N3OS. The van der Waals surface area contributed by atoms with Gasteiger partial charge < -0.3 is 10.1 Å². The normalized spacial score (nSPS) is 10.5. The van der Waals surface area contributed by atoms with Gasteiger partial charge in [0.1, 0.15) is 5.75 Å². The van der Waals surface area contributed by atoms with Gasteiger partial charge in [0.05, 0.1) is 12.8 Å². The Morgan fingerprint density at radius 1 is 1.13 bits per heavy atom. The third-order valence-electron chi connectivity index (χ3n) is 3.03. The van der Waals surface area contributed by atoms with Crippen LogP contribution in [0.5, 0.6) is 5.75 Å². The maximum Gasteiger partial charge on any atom is 0.187 e. The monoisotopic (exact) mass is 327 g/mol. The summed E-state index contributed by atoms with van der Waals surface area (Å²) < 4.78 is 5.54. The molecular weight excluding hydrogens is 306 g/mol. The Bertz CT molecular complexity index is 626. The lowest BCUT2D eigenvalue weighted by Crippen LogP contribution is -2.31. The molecule has 0 saturated heterocycles. The molecule has 4 nitrogen and oxygen atoms in total. The summed E-state index contributed by atoms with van der Waals surface area (Å²) in [6.07, 6.45) is 2.72. The number of hydrazone groups is 1.